The molecule has 4 aromatic rings. The van der Waals surface area contributed by atoms with Gasteiger partial charge in [0, 0.05) is 15.7 Å². The normalized spacial score (nSPS) is 16.3. The summed E-state index contributed by atoms with van der Waals surface area (Å²) < 4.78 is 54.6. The van der Waals surface area contributed by atoms with Crippen LogP contribution in [0.3, 0.4) is 0 Å². The molecule has 0 spiro atoms. The summed E-state index contributed by atoms with van der Waals surface area (Å²) in [7, 11) is 0. The summed E-state index contributed by atoms with van der Waals surface area (Å²) in [6, 6.07) is 2.33. The Kier molecular flexibility index (Phi) is 4.31. The number of rotatable bonds is 5. The highest BCUT2D eigenvalue weighted by Crippen LogP contribution is 2.36. The van der Waals surface area contributed by atoms with Gasteiger partial charge in [0.05, 0.1) is 34.8 Å². The second-order valence-electron chi connectivity index (χ2n) is 6.82. The fourth-order valence-electron chi connectivity index (χ4n) is 3.28. The largest absolute Gasteiger partial charge is 0.506 e. The van der Waals surface area contributed by atoms with Gasteiger partial charge in [-0.3, -0.25) is 9.36 Å². The Morgan fingerprint density at radius 3 is 2.77 bits per heavy atom. The van der Waals surface area contributed by atoms with Crippen LogP contribution in [0.15, 0.2) is 54.1 Å². The van der Waals surface area contributed by atoms with Gasteiger partial charge >= 0.3 is 0 Å². The van der Waals surface area contributed by atoms with E-state index in [4.69, 9.17) is 15.7 Å². The van der Waals surface area contributed by atoms with Gasteiger partial charge in [0.25, 0.3) is 5.56 Å². The maximum absolute atomic E-state index is 14.9. The Morgan fingerprint density at radius 1 is 1.29 bits per heavy atom. The van der Waals surface area contributed by atoms with Crippen molar-refractivity contribution in [3.8, 4) is 5.75 Å². The minimum absolute atomic E-state index is 0.0566. The lowest BCUT2D eigenvalue weighted by Crippen LogP contribution is -2.43. The summed E-state index contributed by atoms with van der Waals surface area (Å²) in [4.78, 5) is 21.1. The SMILES string of the molecule is [2H]C([2H])([2H])[C@@H](n1cnc2cc(Cl)c(O)cc2c1=O)[C@@](O)(Cn1cncn1)c1ccc(F)cc1F. The quantitative estimate of drug-likeness (QED) is 0.484. The molecule has 0 unspecified atom stereocenters. The van der Waals surface area contributed by atoms with Crippen molar-refractivity contribution < 1.29 is 23.1 Å². The number of aromatic nitrogens is 5. The van der Waals surface area contributed by atoms with Crippen LogP contribution in [0.25, 0.3) is 10.9 Å². The van der Waals surface area contributed by atoms with Crippen LogP contribution in [0.4, 0.5) is 8.78 Å². The van der Waals surface area contributed by atoms with Crippen molar-refractivity contribution in [2.45, 2.75) is 25.0 Å². The Bertz CT molecular complexity index is 1430. The van der Waals surface area contributed by atoms with Gasteiger partial charge in [0.2, 0.25) is 0 Å². The molecule has 0 radical (unpaired) electrons. The molecular weight excluding hydrogens is 432 g/mol. The van der Waals surface area contributed by atoms with Crippen molar-refractivity contribution in [3.05, 3.63) is 81.9 Å². The summed E-state index contributed by atoms with van der Waals surface area (Å²) in [5.74, 6) is -2.63. The van der Waals surface area contributed by atoms with E-state index in [-0.39, 0.29) is 15.9 Å². The summed E-state index contributed by atoms with van der Waals surface area (Å²) in [6.07, 6.45) is 3.15. The molecule has 2 heterocycles. The predicted molar refractivity (Wildman–Crippen MR) is 108 cm³/mol. The van der Waals surface area contributed by atoms with E-state index < -0.39 is 53.5 Å². The number of fused-ring (bicyclic) bond motifs is 1. The molecule has 2 atom stereocenters. The van der Waals surface area contributed by atoms with E-state index in [1.807, 2.05) is 0 Å². The van der Waals surface area contributed by atoms with Gasteiger partial charge in [-0.15, -0.1) is 0 Å². The van der Waals surface area contributed by atoms with E-state index in [1.165, 1.54) is 6.07 Å². The number of aromatic hydroxyl groups is 1. The molecule has 8 nitrogen and oxygen atoms in total. The Morgan fingerprint density at radius 2 is 2.10 bits per heavy atom. The summed E-state index contributed by atoms with van der Waals surface area (Å²) in [5, 5.41) is 25.3. The van der Waals surface area contributed by atoms with Crippen LogP contribution in [-0.2, 0) is 12.1 Å². The standard InChI is InChI=1S/C20H16ClF2N5O3/c1-11(28-10-25-17-6-15(21)18(29)5-13(17)19(28)30)20(31,7-27-9-24-8-26-27)14-3-2-12(22)4-16(14)23/h2-6,8-11,29,31H,7H2,1H3/t11-,20+/m1/s1/i1D3. The molecule has 0 saturated heterocycles. The average molecular weight is 451 g/mol. The Balaban J connectivity index is 2.02. The highest BCUT2D eigenvalue weighted by molar-refractivity contribution is 6.32. The van der Waals surface area contributed by atoms with Crippen molar-refractivity contribution in [2.24, 2.45) is 0 Å². The number of aliphatic hydroxyl groups is 1. The predicted octanol–water partition coefficient (Wildman–Crippen LogP) is 2.77. The topological polar surface area (TPSA) is 106 Å². The van der Waals surface area contributed by atoms with Crippen LogP contribution in [0.5, 0.6) is 5.75 Å². The lowest BCUT2D eigenvalue weighted by molar-refractivity contribution is -0.0343. The summed E-state index contributed by atoms with van der Waals surface area (Å²) in [5.41, 5.74) is -4.14. The Labute approximate surface area is 183 Å². The smallest absolute Gasteiger partial charge is 0.261 e. The van der Waals surface area contributed by atoms with Gasteiger partial charge in [0.15, 0.2) is 0 Å². The van der Waals surface area contributed by atoms with Crippen LogP contribution in [0.1, 0.15) is 22.6 Å². The minimum Gasteiger partial charge on any atom is -0.506 e. The first-order valence-electron chi connectivity index (χ1n) is 10.3. The zero-order valence-electron chi connectivity index (χ0n) is 18.6. The van der Waals surface area contributed by atoms with Gasteiger partial charge < -0.3 is 10.2 Å². The zero-order chi connectivity index (χ0) is 24.8. The van der Waals surface area contributed by atoms with Gasteiger partial charge in [-0.25, -0.2) is 23.4 Å². The number of hydrogen-bond acceptors (Lipinski definition) is 6. The molecule has 4 rings (SSSR count). The Hall–Kier alpha value is -3.37. The molecule has 0 aliphatic rings. The molecular formula is C20H16ClF2N5O3. The lowest BCUT2D eigenvalue weighted by atomic mass is 9.86. The van der Waals surface area contributed by atoms with Crippen LogP contribution in [0, 0.1) is 11.6 Å². The molecule has 0 saturated carbocycles. The average Bonchev–Trinajstić information content (AvgIpc) is 3.23. The molecule has 0 fully saturated rings. The van der Waals surface area contributed by atoms with Crippen molar-refractivity contribution in [1.82, 2.24) is 24.3 Å². The van der Waals surface area contributed by atoms with Gasteiger partial charge in [-0.1, -0.05) is 17.7 Å². The van der Waals surface area contributed by atoms with Crippen LogP contribution in [0.2, 0.25) is 5.02 Å². The first-order valence-corrected chi connectivity index (χ1v) is 9.19. The van der Waals surface area contributed by atoms with Gasteiger partial charge in [0.1, 0.15) is 35.6 Å². The lowest BCUT2D eigenvalue weighted by Gasteiger charge is -2.35. The number of halogens is 3. The van der Waals surface area contributed by atoms with Crippen LogP contribution in [-0.4, -0.2) is 34.5 Å². The van der Waals surface area contributed by atoms with Crippen molar-refractivity contribution in [3.63, 3.8) is 0 Å². The third kappa shape index (κ3) is 3.64. The van der Waals surface area contributed by atoms with E-state index in [1.54, 1.807) is 0 Å². The third-order valence-electron chi connectivity index (χ3n) is 4.85. The fraction of sp³-hybridized carbons (Fsp3) is 0.200. The number of phenols is 1. The van der Waals surface area contributed by atoms with E-state index >= 15 is 0 Å². The van der Waals surface area contributed by atoms with E-state index in [9.17, 15) is 23.8 Å². The number of hydrogen-bond donors (Lipinski definition) is 2. The van der Waals surface area contributed by atoms with Crippen molar-refractivity contribution in [2.75, 3.05) is 0 Å². The second-order valence-corrected chi connectivity index (χ2v) is 7.23. The molecule has 0 bridgehead atoms. The molecule has 0 amide bonds. The second kappa shape index (κ2) is 7.71. The molecule has 160 valence electrons. The van der Waals surface area contributed by atoms with Gasteiger partial charge in [-0.2, -0.15) is 5.10 Å². The number of nitrogens with zero attached hydrogens (tertiary/aromatic N) is 5. The molecule has 11 heteroatoms. The first kappa shape index (κ1) is 17.3. The molecule has 0 aliphatic heterocycles. The number of benzene rings is 2. The molecule has 2 aromatic heterocycles. The molecule has 2 aromatic carbocycles. The zero-order valence-corrected chi connectivity index (χ0v) is 16.3. The third-order valence-corrected chi connectivity index (χ3v) is 5.15. The van der Waals surface area contributed by atoms with Crippen LogP contribution >= 0.6 is 11.6 Å². The maximum atomic E-state index is 14.9. The monoisotopic (exact) mass is 450 g/mol. The van der Waals surface area contributed by atoms with Crippen LogP contribution < -0.4 is 5.56 Å². The molecule has 2 N–H and O–H groups in total. The number of phenolic OH excluding ortho intramolecular Hbond substituents is 1. The maximum Gasteiger partial charge on any atom is 0.261 e. The van der Waals surface area contributed by atoms with E-state index in [0.29, 0.717) is 10.6 Å². The van der Waals surface area contributed by atoms with Crippen molar-refractivity contribution in [1.29, 1.82) is 0 Å². The van der Waals surface area contributed by atoms with Gasteiger partial charge in [-0.05, 0) is 25.1 Å². The molecule has 0 aliphatic carbocycles. The van der Waals surface area contributed by atoms with E-state index in [2.05, 4.69) is 15.1 Å². The highest BCUT2D eigenvalue weighted by atomic mass is 35.5. The molecule has 31 heavy (non-hydrogen) atoms. The van der Waals surface area contributed by atoms with E-state index in [0.717, 1.165) is 41.9 Å². The fourth-order valence-corrected chi connectivity index (χ4v) is 3.44. The summed E-state index contributed by atoms with van der Waals surface area (Å²) in [6.45, 7) is -3.77. The first-order chi connectivity index (χ1) is 15.9. The van der Waals surface area contributed by atoms with Crippen molar-refractivity contribution >= 4 is 22.5 Å². The summed E-state index contributed by atoms with van der Waals surface area (Å²) >= 11 is 5.86. The minimum atomic E-state index is -3.11. The highest BCUT2D eigenvalue weighted by Gasteiger charge is 2.41.